The first kappa shape index (κ1) is 34.0. The molecule has 2 aromatic rings. The molecule has 0 atom stereocenters. The van der Waals surface area contributed by atoms with Gasteiger partial charge in [0.25, 0.3) is 5.91 Å². The van der Waals surface area contributed by atoms with Crippen molar-refractivity contribution in [2.75, 3.05) is 71.9 Å². The highest BCUT2D eigenvalue weighted by Crippen LogP contribution is 2.42. The van der Waals surface area contributed by atoms with Crippen LogP contribution in [0.25, 0.3) is 33.4 Å². The quantitative estimate of drug-likeness (QED) is 0.0718. The molecule has 9 nitrogen and oxygen atoms in total. The number of alkyl halides is 1. The molecule has 240 valence electrons. The van der Waals surface area contributed by atoms with Crippen LogP contribution < -0.4 is 20.1 Å². The second-order valence-electron chi connectivity index (χ2n) is 11.3. The van der Waals surface area contributed by atoms with Gasteiger partial charge in [-0.05, 0) is 54.8 Å². The van der Waals surface area contributed by atoms with E-state index in [9.17, 15) is 14.7 Å². The Morgan fingerprint density at radius 3 is 2.36 bits per heavy atom. The summed E-state index contributed by atoms with van der Waals surface area (Å²) >= 11 is 5.69. The molecule has 0 unspecified atom stereocenters. The number of hydrogen-bond donors (Lipinski definition) is 2. The maximum atomic E-state index is 13.2. The third kappa shape index (κ3) is 8.84. The van der Waals surface area contributed by atoms with Crippen LogP contribution in [-0.4, -0.2) is 84.0 Å². The SMILES string of the molecule is CN(C)c1ccc2c(-c3cc(C(=O)NCCOCCOCCCCCCCl)ccc3C(=O)O)c3ccc(=[N+](C)C)cc-3oc2c1. The van der Waals surface area contributed by atoms with E-state index >= 15 is 0 Å². The van der Waals surface area contributed by atoms with Crippen LogP contribution in [0.5, 0.6) is 0 Å². The van der Waals surface area contributed by atoms with Gasteiger partial charge >= 0.3 is 5.97 Å². The number of rotatable bonds is 16. The highest BCUT2D eigenvalue weighted by Gasteiger charge is 2.23. The maximum absolute atomic E-state index is 13.2. The predicted molar refractivity (Wildman–Crippen MR) is 180 cm³/mol. The molecular weight excluding hydrogens is 594 g/mol. The molecule has 45 heavy (non-hydrogen) atoms. The van der Waals surface area contributed by atoms with Gasteiger partial charge in [-0.1, -0.05) is 12.8 Å². The number of unbranched alkanes of at least 4 members (excludes halogenated alkanes) is 3. The molecular formula is C35H43ClN3O6+. The zero-order chi connectivity index (χ0) is 32.3. The van der Waals surface area contributed by atoms with Gasteiger partial charge in [0.05, 0.1) is 31.5 Å². The van der Waals surface area contributed by atoms with E-state index in [1.165, 1.54) is 12.1 Å². The Balaban J connectivity index is 1.56. The summed E-state index contributed by atoms with van der Waals surface area (Å²) in [7, 11) is 7.79. The van der Waals surface area contributed by atoms with Gasteiger partial charge in [-0.15, -0.1) is 11.6 Å². The van der Waals surface area contributed by atoms with Crippen molar-refractivity contribution in [1.82, 2.24) is 9.89 Å². The first-order chi connectivity index (χ1) is 21.7. The Hall–Kier alpha value is -3.92. The van der Waals surface area contributed by atoms with Crippen LogP contribution in [0.1, 0.15) is 46.4 Å². The Morgan fingerprint density at radius 2 is 1.64 bits per heavy atom. The summed E-state index contributed by atoms with van der Waals surface area (Å²) in [5.74, 6) is -0.0874. The molecule has 1 aliphatic heterocycles. The monoisotopic (exact) mass is 636 g/mol. The Bertz CT molecular complexity index is 1660. The molecule has 1 amide bonds. The van der Waals surface area contributed by atoms with Gasteiger partial charge in [0.1, 0.15) is 25.4 Å². The number of fused-ring (bicyclic) bond motifs is 2. The predicted octanol–water partition coefficient (Wildman–Crippen LogP) is 5.56. The van der Waals surface area contributed by atoms with E-state index in [1.54, 1.807) is 6.07 Å². The van der Waals surface area contributed by atoms with E-state index < -0.39 is 5.97 Å². The van der Waals surface area contributed by atoms with Crippen molar-refractivity contribution in [1.29, 1.82) is 0 Å². The van der Waals surface area contributed by atoms with Gasteiger partial charge in [0.2, 0.25) is 5.36 Å². The lowest BCUT2D eigenvalue weighted by Crippen LogP contribution is -2.27. The molecule has 2 aromatic carbocycles. The number of halogens is 1. The fourth-order valence-corrected chi connectivity index (χ4v) is 5.29. The van der Waals surface area contributed by atoms with Crippen molar-refractivity contribution in [3.05, 3.63) is 71.1 Å². The highest BCUT2D eigenvalue weighted by atomic mass is 35.5. The molecule has 0 fully saturated rings. The number of carbonyl (C=O) groups is 2. The molecule has 0 bridgehead atoms. The second-order valence-corrected chi connectivity index (χ2v) is 11.7. The van der Waals surface area contributed by atoms with Crippen LogP contribution in [0.3, 0.4) is 0 Å². The van der Waals surface area contributed by atoms with E-state index in [2.05, 4.69) is 5.32 Å². The molecule has 0 aromatic heterocycles. The number of aromatic carboxylic acids is 1. The number of anilines is 1. The number of ether oxygens (including phenoxy) is 2. The summed E-state index contributed by atoms with van der Waals surface area (Å²) in [6, 6.07) is 16.3. The lowest BCUT2D eigenvalue weighted by Gasteiger charge is -2.19. The van der Waals surface area contributed by atoms with Crippen molar-refractivity contribution in [3.63, 3.8) is 0 Å². The third-order valence-electron chi connectivity index (χ3n) is 7.58. The number of nitrogens with one attached hydrogen (secondary N) is 1. The maximum Gasteiger partial charge on any atom is 0.336 e. The Labute approximate surface area is 269 Å². The number of carboxylic acid groups (broad SMARTS) is 1. The fraction of sp³-hybridized carbons (Fsp3) is 0.400. The summed E-state index contributed by atoms with van der Waals surface area (Å²) in [4.78, 5) is 27.6. The van der Waals surface area contributed by atoms with Gasteiger partial charge in [-0.3, -0.25) is 4.79 Å². The number of carboxylic acids is 1. The van der Waals surface area contributed by atoms with Crippen LogP contribution >= 0.6 is 11.6 Å². The average molecular weight is 637 g/mol. The lowest BCUT2D eigenvalue weighted by molar-refractivity contribution is 0.0468. The van der Waals surface area contributed by atoms with Crippen LogP contribution in [0, 0.1) is 0 Å². The van der Waals surface area contributed by atoms with Crippen molar-refractivity contribution < 1.29 is 28.6 Å². The molecule has 0 saturated heterocycles. The molecule has 0 spiro atoms. The molecule has 0 saturated carbocycles. The first-order valence-electron chi connectivity index (χ1n) is 15.3. The normalized spacial score (nSPS) is 11.2. The molecule has 4 rings (SSSR count). The first-order valence-corrected chi connectivity index (χ1v) is 15.8. The molecule has 0 radical (unpaired) electrons. The van der Waals surface area contributed by atoms with Crippen molar-refractivity contribution in [2.24, 2.45) is 0 Å². The summed E-state index contributed by atoms with van der Waals surface area (Å²) in [5.41, 5.74) is 3.87. The summed E-state index contributed by atoms with van der Waals surface area (Å²) < 4.78 is 19.6. The lowest BCUT2D eigenvalue weighted by atomic mass is 9.89. The second kappa shape index (κ2) is 16.4. The van der Waals surface area contributed by atoms with E-state index in [4.69, 9.17) is 25.5 Å². The summed E-state index contributed by atoms with van der Waals surface area (Å²) in [6.45, 7) is 2.29. The molecule has 2 aliphatic rings. The minimum absolute atomic E-state index is 0.0936. The number of amides is 1. The number of nitrogens with zero attached hydrogens (tertiary/aromatic N) is 2. The van der Waals surface area contributed by atoms with E-state index in [0.29, 0.717) is 66.9 Å². The van der Waals surface area contributed by atoms with Gasteiger partial charge in [0.15, 0.2) is 0 Å². The highest BCUT2D eigenvalue weighted by molar-refractivity contribution is 6.17. The third-order valence-corrected chi connectivity index (χ3v) is 7.85. The standard InChI is InChI=1S/C35H42ClN3O6/c1-38(2)25-10-13-28-31(22-25)45-32-23-26(39(3)4)11-14-29(32)33(28)30-21-24(9-12-27(30)35(41)42)34(40)37-16-18-44-20-19-43-17-8-6-5-7-15-36/h9-14,21-23H,5-8,15-20H2,1-4H3,(H-,37,40,41,42)/p+1. The van der Waals surface area contributed by atoms with Crippen LogP contribution in [0.15, 0.2) is 59.0 Å². The Kier molecular flexibility index (Phi) is 12.4. The summed E-state index contributed by atoms with van der Waals surface area (Å²) in [5, 5.41) is 14.8. The fourth-order valence-electron chi connectivity index (χ4n) is 5.11. The van der Waals surface area contributed by atoms with E-state index in [1.807, 2.05) is 74.1 Å². The van der Waals surface area contributed by atoms with Crippen LogP contribution in [-0.2, 0) is 9.47 Å². The van der Waals surface area contributed by atoms with Crippen molar-refractivity contribution in [2.45, 2.75) is 25.7 Å². The number of hydrogen-bond acceptors (Lipinski definition) is 6. The van der Waals surface area contributed by atoms with Gasteiger partial charge in [-0.2, -0.15) is 0 Å². The van der Waals surface area contributed by atoms with E-state index in [0.717, 1.165) is 47.7 Å². The van der Waals surface area contributed by atoms with E-state index in [-0.39, 0.29) is 11.5 Å². The minimum atomic E-state index is -1.08. The largest absolute Gasteiger partial charge is 0.478 e. The smallest absolute Gasteiger partial charge is 0.336 e. The molecule has 10 heteroatoms. The molecule has 2 N–H and O–H groups in total. The van der Waals surface area contributed by atoms with Crippen molar-refractivity contribution in [3.8, 4) is 22.5 Å². The van der Waals surface area contributed by atoms with Gasteiger partial charge in [-0.25, -0.2) is 9.37 Å². The average Bonchev–Trinajstić information content (AvgIpc) is 3.03. The zero-order valence-corrected chi connectivity index (χ0v) is 27.3. The van der Waals surface area contributed by atoms with Crippen LogP contribution in [0.4, 0.5) is 5.69 Å². The van der Waals surface area contributed by atoms with Gasteiger partial charge in [0, 0.05) is 73.0 Å². The molecule has 1 aliphatic carbocycles. The minimum Gasteiger partial charge on any atom is -0.478 e. The summed E-state index contributed by atoms with van der Waals surface area (Å²) in [6.07, 6.45) is 4.27. The zero-order valence-electron chi connectivity index (χ0n) is 26.5. The Morgan fingerprint density at radius 1 is 0.889 bits per heavy atom. The van der Waals surface area contributed by atoms with Gasteiger partial charge < -0.3 is 29.2 Å². The topological polar surface area (TPSA) is 104 Å². The number of carbonyl (C=O) groups excluding carboxylic acids is 1. The van der Waals surface area contributed by atoms with Crippen molar-refractivity contribution >= 4 is 40.1 Å². The molecule has 1 heterocycles. The number of benzene rings is 3. The van der Waals surface area contributed by atoms with Crippen LogP contribution in [0.2, 0.25) is 0 Å².